The van der Waals surface area contributed by atoms with Gasteiger partial charge in [-0.1, -0.05) is 35.6 Å². The second-order valence-electron chi connectivity index (χ2n) is 5.30. The molecule has 10 nitrogen and oxygen atoms in total. The summed E-state index contributed by atoms with van der Waals surface area (Å²) in [6, 6.07) is 11.6. The zero-order valence-corrected chi connectivity index (χ0v) is 15.1. The minimum absolute atomic E-state index is 0.368. The van der Waals surface area contributed by atoms with Crippen LogP contribution in [0.4, 0.5) is 5.69 Å². The number of thiazole rings is 1. The average Bonchev–Trinajstić information content (AvgIpc) is 2.95. The van der Waals surface area contributed by atoms with Crippen LogP contribution in [0.25, 0.3) is 10.2 Å². The van der Waals surface area contributed by atoms with E-state index in [1.165, 1.54) is 16.7 Å². The molecular formula is C15H12N4O6S2. The van der Waals surface area contributed by atoms with Crippen molar-refractivity contribution in [2.75, 3.05) is 0 Å². The van der Waals surface area contributed by atoms with E-state index in [4.69, 9.17) is 0 Å². The van der Waals surface area contributed by atoms with Crippen LogP contribution in [0.2, 0.25) is 0 Å². The number of sulfonamides is 1. The molecule has 2 aromatic carbocycles. The molecule has 3 rings (SSSR count). The van der Waals surface area contributed by atoms with Crippen LogP contribution in [0.1, 0.15) is 0 Å². The SMILES string of the molecule is O=C(Cn1c(=O)sc2ccccc21)NNS(=O)(=O)c1ccccc1[N+](=O)[O-]. The molecule has 0 radical (unpaired) electrons. The summed E-state index contributed by atoms with van der Waals surface area (Å²) in [5.41, 5.74) is 1.88. The summed E-state index contributed by atoms with van der Waals surface area (Å²) in [6.45, 7) is -0.414. The van der Waals surface area contributed by atoms with E-state index < -0.39 is 38.0 Å². The second-order valence-corrected chi connectivity index (χ2v) is 7.94. The number of nitro benzene ring substituents is 1. The Morgan fingerprint density at radius 1 is 1.15 bits per heavy atom. The highest BCUT2D eigenvalue weighted by Gasteiger charge is 2.25. The quantitative estimate of drug-likeness (QED) is 0.460. The van der Waals surface area contributed by atoms with Crippen LogP contribution in [0.5, 0.6) is 0 Å². The second kappa shape index (κ2) is 7.26. The number of carbonyl (C=O) groups is 1. The van der Waals surface area contributed by atoms with Gasteiger partial charge >= 0.3 is 4.87 Å². The Bertz CT molecular complexity index is 1200. The Kier molecular flexibility index (Phi) is 5.03. The van der Waals surface area contributed by atoms with Crippen molar-refractivity contribution >= 4 is 43.2 Å². The Hall–Kier alpha value is -3.09. The van der Waals surface area contributed by atoms with Gasteiger partial charge in [0.1, 0.15) is 6.54 Å². The van der Waals surface area contributed by atoms with Crippen LogP contribution in [0.15, 0.2) is 58.2 Å². The fraction of sp³-hybridized carbons (Fsp3) is 0.0667. The van der Waals surface area contributed by atoms with Crippen LogP contribution >= 0.6 is 11.3 Å². The number of para-hydroxylation sites is 2. The molecule has 3 aromatic rings. The molecule has 12 heteroatoms. The molecule has 0 atom stereocenters. The van der Waals surface area contributed by atoms with E-state index in [2.05, 4.69) is 0 Å². The van der Waals surface area contributed by atoms with Crippen molar-refractivity contribution in [2.45, 2.75) is 11.4 Å². The van der Waals surface area contributed by atoms with Gasteiger partial charge in [-0.2, -0.15) is 0 Å². The monoisotopic (exact) mass is 408 g/mol. The van der Waals surface area contributed by atoms with Crippen molar-refractivity contribution in [1.82, 2.24) is 14.8 Å². The molecule has 0 saturated carbocycles. The molecule has 0 saturated heterocycles. The third-order valence-electron chi connectivity index (χ3n) is 3.55. The van der Waals surface area contributed by atoms with Gasteiger partial charge in [-0.15, -0.1) is 4.83 Å². The fourth-order valence-corrected chi connectivity index (χ4v) is 4.29. The number of aromatic nitrogens is 1. The first-order chi connectivity index (χ1) is 12.8. The third kappa shape index (κ3) is 3.86. The van der Waals surface area contributed by atoms with Crippen LogP contribution < -0.4 is 15.1 Å². The summed E-state index contributed by atoms with van der Waals surface area (Å²) in [6.07, 6.45) is 0. The molecule has 1 aromatic heterocycles. The Balaban J connectivity index is 1.77. The van der Waals surface area contributed by atoms with E-state index in [9.17, 15) is 28.1 Å². The van der Waals surface area contributed by atoms with Crippen LogP contribution in [0.3, 0.4) is 0 Å². The zero-order valence-electron chi connectivity index (χ0n) is 13.5. The van der Waals surface area contributed by atoms with Gasteiger partial charge in [0.05, 0.1) is 15.1 Å². The fourth-order valence-electron chi connectivity index (χ4n) is 2.36. The number of benzene rings is 2. The number of nitrogens with one attached hydrogen (secondary N) is 2. The van der Waals surface area contributed by atoms with E-state index in [0.29, 0.717) is 10.2 Å². The lowest BCUT2D eigenvalue weighted by Crippen LogP contribution is -2.43. The highest BCUT2D eigenvalue weighted by atomic mass is 32.2. The normalized spacial score (nSPS) is 11.4. The number of hydrogen-bond acceptors (Lipinski definition) is 7. The zero-order chi connectivity index (χ0) is 19.6. The predicted octanol–water partition coefficient (Wildman–Crippen LogP) is 0.981. The highest BCUT2D eigenvalue weighted by molar-refractivity contribution is 7.89. The van der Waals surface area contributed by atoms with Crippen molar-refractivity contribution in [3.63, 3.8) is 0 Å². The molecule has 27 heavy (non-hydrogen) atoms. The predicted molar refractivity (Wildman–Crippen MR) is 97.6 cm³/mol. The van der Waals surface area contributed by atoms with Crippen molar-refractivity contribution in [3.8, 4) is 0 Å². The smallest absolute Gasteiger partial charge is 0.289 e. The molecule has 1 amide bonds. The molecule has 1 heterocycles. The number of rotatable bonds is 6. The van der Waals surface area contributed by atoms with E-state index in [-0.39, 0.29) is 4.87 Å². The number of carbonyl (C=O) groups excluding carboxylic acids is 1. The first-order valence-corrected chi connectivity index (χ1v) is 9.72. The molecule has 0 aliphatic rings. The largest absolute Gasteiger partial charge is 0.308 e. The van der Waals surface area contributed by atoms with Gasteiger partial charge in [0.2, 0.25) is 0 Å². The number of hydrazine groups is 1. The lowest BCUT2D eigenvalue weighted by Gasteiger charge is -2.09. The van der Waals surface area contributed by atoms with Gasteiger partial charge in [-0.3, -0.25) is 29.7 Å². The summed E-state index contributed by atoms with van der Waals surface area (Å²) in [7, 11) is -4.37. The molecule has 140 valence electrons. The van der Waals surface area contributed by atoms with Gasteiger partial charge in [-0.05, 0) is 18.2 Å². The van der Waals surface area contributed by atoms with E-state index in [1.54, 1.807) is 29.1 Å². The molecule has 0 spiro atoms. The molecule has 0 unspecified atom stereocenters. The average molecular weight is 408 g/mol. The van der Waals surface area contributed by atoms with Gasteiger partial charge in [0.25, 0.3) is 21.6 Å². The first kappa shape index (κ1) is 18.7. The highest BCUT2D eigenvalue weighted by Crippen LogP contribution is 2.22. The summed E-state index contributed by atoms with van der Waals surface area (Å²) >= 11 is 0.960. The lowest BCUT2D eigenvalue weighted by molar-refractivity contribution is -0.387. The first-order valence-electron chi connectivity index (χ1n) is 7.42. The van der Waals surface area contributed by atoms with Crippen LogP contribution in [0, 0.1) is 10.1 Å². The van der Waals surface area contributed by atoms with E-state index in [1.807, 2.05) is 5.43 Å². The van der Waals surface area contributed by atoms with Gasteiger partial charge < -0.3 is 0 Å². The maximum atomic E-state index is 12.2. The van der Waals surface area contributed by atoms with Gasteiger partial charge in [-0.25, -0.2) is 8.42 Å². The Labute approximate surface area is 156 Å². The van der Waals surface area contributed by atoms with Crippen LogP contribution in [-0.2, 0) is 21.4 Å². The number of fused-ring (bicyclic) bond motifs is 1. The summed E-state index contributed by atoms with van der Waals surface area (Å²) in [5.74, 6) is -0.803. The number of nitro groups is 1. The molecule has 2 N–H and O–H groups in total. The Morgan fingerprint density at radius 3 is 2.56 bits per heavy atom. The standard InChI is InChI=1S/C15H12N4O6S2/c20-14(9-18-10-5-1-3-7-12(10)26-15(18)21)16-17-27(24,25)13-8-4-2-6-11(13)19(22)23/h1-8,17H,9H2,(H,16,20). The number of amides is 1. The number of hydrogen-bond donors (Lipinski definition) is 2. The summed E-state index contributed by atoms with van der Waals surface area (Å²) < 4.78 is 26.4. The maximum absolute atomic E-state index is 12.2. The molecule has 0 fully saturated rings. The molecular weight excluding hydrogens is 396 g/mol. The van der Waals surface area contributed by atoms with Crippen LogP contribution in [-0.4, -0.2) is 23.8 Å². The maximum Gasteiger partial charge on any atom is 0.308 e. The molecule has 0 aliphatic carbocycles. The summed E-state index contributed by atoms with van der Waals surface area (Å²) in [5, 5.41) is 11.0. The Morgan fingerprint density at radius 2 is 1.81 bits per heavy atom. The van der Waals surface area contributed by atoms with Crippen molar-refractivity contribution in [3.05, 3.63) is 68.3 Å². The van der Waals surface area contributed by atoms with Crippen molar-refractivity contribution in [1.29, 1.82) is 0 Å². The number of nitrogens with zero attached hydrogens (tertiary/aromatic N) is 2. The van der Waals surface area contributed by atoms with Gasteiger partial charge in [0.15, 0.2) is 4.90 Å². The molecule has 0 aliphatic heterocycles. The minimum atomic E-state index is -4.37. The van der Waals surface area contributed by atoms with E-state index in [0.717, 1.165) is 23.5 Å². The summed E-state index contributed by atoms with van der Waals surface area (Å²) in [4.78, 5) is 35.1. The van der Waals surface area contributed by atoms with Gasteiger partial charge in [0, 0.05) is 6.07 Å². The topological polar surface area (TPSA) is 140 Å². The van der Waals surface area contributed by atoms with E-state index >= 15 is 0 Å². The van der Waals surface area contributed by atoms with Crippen molar-refractivity contribution in [2.24, 2.45) is 0 Å². The lowest BCUT2D eigenvalue weighted by atomic mass is 10.3. The third-order valence-corrected chi connectivity index (χ3v) is 5.81. The minimum Gasteiger partial charge on any atom is -0.289 e. The molecule has 0 bridgehead atoms. The van der Waals surface area contributed by atoms with Crippen molar-refractivity contribution < 1.29 is 18.1 Å².